The Morgan fingerprint density at radius 1 is 0.857 bits per heavy atom. The van der Waals surface area contributed by atoms with E-state index in [4.69, 9.17) is 15.6 Å². The summed E-state index contributed by atoms with van der Waals surface area (Å²) in [5.41, 5.74) is 12.8. The van der Waals surface area contributed by atoms with Crippen molar-refractivity contribution in [2.24, 2.45) is 0 Å². The quantitative estimate of drug-likeness (QED) is 0.575. The van der Waals surface area contributed by atoms with Crippen LogP contribution < -0.4 is 10.5 Å². The molecule has 3 aromatic carbocycles. The summed E-state index contributed by atoms with van der Waals surface area (Å²) in [6, 6.07) is 20.1. The number of benzene rings is 3. The lowest BCUT2D eigenvalue weighted by molar-refractivity contribution is 0.247. The van der Waals surface area contributed by atoms with Crippen molar-refractivity contribution in [2.75, 3.05) is 19.5 Å². The summed E-state index contributed by atoms with van der Waals surface area (Å²) in [5, 5.41) is 16.8. The topological polar surface area (TPSA) is 75.7 Å². The lowest BCUT2D eigenvalue weighted by Crippen LogP contribution is -2.25. The predicted octanol–water partition coefficient (Wildman–Crippen LogP) is 4.51. The Morgan fingerprint density at radius 3 is 2.21 bits per heavy atom. The van der Waals surface area contributed by atoms with Gasteiger partial charge in [0.15, 0.2) is 0 Å². The minimum Gasteiger partial charge on any atom is -0.508 e. The number of hydrogen-bond donors (Lipinski definition) is 3. The average molecular weight is 377 g/mol. The number of aryl methyl sites for hydroxylation is 2. The molecule has 4 N–H and O–H groups in total. The molecular weight excluding hydrogens is 350 g/mol. The highest BCUT2D eigenvalue weighted by atomic mass is 16.5. The van der Waals surface area contributed by atoms with E-state index >= 15 is 0 Å². The van der Waals surface area contributed by atoms with Crippen LogP contribution in [0, 0.1) is 13.8 Å². The van der Waals surface area contributed by atoms with E-state index in [1.54, 1.807) is 12.1 Å². The van der Waals surface area contributed by atoms with Crippen molar-refractivity contribution >= 4 is 5.69 Å². The van der Waals surface area contributed by atoms with Gasteiger partial charge >= 0.3 is 0 Å². The number of phenolic OH excluding ortho intramolecular Hbond substituents is 1. The maximum absolute atomic E-state index is 9.83. The predicted molar refractivity (Wildman–Crippen MR) is 113 cm³/mol. The Hall–Kier alpha value is -2.98. The fourth-order valence-corrected chi connectivity index (χ4v) is 3.80. The maximum Gasteiger partial charge on any atom is 0.126 e. The molecule has 0 radical (unpaired) electrons. The highest BCUT2D eigenvalue weighted by Gasteiger charge is 2.33. The minimum absolute atomic E-state index is 0.155. The van der Waals surface area contributed by atoms with Gasteiger partial charge in [-0.15, -0.1) is 0 Å². The first-order valence-corrected chi connectivity index (χ1v) is 9.36. The summed E-state index contributed by atoms with van der Waals surface area (Å²) in [6.45, 7) is 4.85. The smallest absolute Gasteiger partial charge is 0.126 e. The number of aliphatic hydroxyl groups excluding tert-OH is 1. The molecule has 3 aromatic rings. The molecule has 0 aromatic heterocycles. The molecule has 0 bridgehead atoms. The second kappa shape index (κ2) is 8.36. The molecule has 0 amide bonds. The van der Waals surface area contributed by atoms with Crippen LogP contribution in [-0.4, -0.2) is 23.9 Å². The van der Waals surface area contributed by atoms with Crippen LogP contribution in [0.15, 0.2) is 60.7 Å². The first-order valence-electron chi connectivity index (χ1n) is 9.36. The lowest BCUT2D eigenvalue weighted by Gasteiger charge is -2.35. The monoisotopic (exact) mass is 377 g/mol. The number of nitrogen functional groups attached to an aromatic ring is 1. The molecule has 0 saturated carbocycles. The fourth-order valence-electron chi connectivity index (χ4n) is 3.80. The number of nitrogens with two attached hydrogens (primary N) is 1. The van der Waals surface area contributed by atoms with Crippen LogP contribution in [0.25, 0.3) is 0 Å². The second-order valence-corrected chi connectivity index (χ2v) is 7.13. The molecule has 28 heavy (non-hydrogen) atoms. The van der Waals surface area contributed by atoms with Gasteiger partial charge in [-0.2, -0.15) is 0 Å². The van der Waals surface area contributed by atoms with Gasteiger partial charge in [-0.1, -0.05) is 36.4 Å². The Kier molecular flexibility index (Phi) is 5.90. The normalized spacial score (nSPS) is 17.7. The van der Waals surface area contributed by atoms with Crippen molar-refractivity contribution in [1.82, 2.24) is 0 Å². The molecule has 2 unspecified atom stereocenters. The summed E-state index contributed by atoms with van der Waals surface area (Å²) in [7, 11) is 1.00. The van der Waals surface area contributed by atoms with Gasteiger partial charge < -0.3 is 20.7 Å². The molecule has 1 heterocycles. The Bertz CT molecular complexity index is 951. The summed E-state index contributed by atoms with van der Waals surface area (Å²) in [6.07, 6.45) is 0. The minimum atomic E-state index is 0.155. The molecule has 0 spiro atoms. The van der Waals surface area contributed by atoms with Crippen molar-refractivity contribution < 1.29 is 14.9 Å². The van der Waals surface area contributed by atoms with Gasteiger partial charge in [-0.25, -0.2) is 0 Å². The van der Waals surface area contributed by atoms with Crippen molar-refractivity contribution in [3.8, 4) is 11.5 Å². The third kappa shape index (κ3) is 3.82. The average Bonchev–Trinajstić information content (AvgIpc) is 2.71. The highest BCUT2D eigenvalue weighted by molar-refractivity contribution is 5.52. The standard InChI is InChI=1S/C23H23NO2.CH4O/c1-14-3-4-17(11-15(14)2)21-13-26-22-12-19(25)9-10-20(22)23(21)16-5-7-18(24)8-6-16;1-2/h3-12,21,23,25H,13,24H2,1-2H3;2H,1H3. The van der Waals surface area contributed by atoms with E-state index in [2.05, 4.69) is 44.2 Å². The number of aromatic hydroxyl groups is 1. The Labute approximate surface area is 166 Å². The zero-order chi connectivity index (χ0) is 20.3. The first-order chi connectivity index (χ1) is 13.5. The van der Waals surface area contributed by atoms with Crippen LogP contribution in [0.5, 0.6) is 11.5 Å². The van der Waals surface area contributed by atoms with Gasteiger partial charge in [-0.3, -0.25) is 0 Å². The molecular formula is C24H27NO3. The van der Waals surface area contributed by atoms with Crippen LogP contribution in [0.3, 0.4) is 0 Å². The molecule has 1 aliphatic heterocycles. The molecule has 0 fully saturated rings. The van der Waals surface area contributed by atoms with E-state index < -0.39 is 0 Å². The van der Waals surface area contributed by atoms with E-state index in [0.29, 0.717) is 6.61 Å². The molecule has 1 aliphatic rings. The third-order valence-electron chi connectivity index (χ3n) is 5.41. The molecule has 4 rings (SSSR count). The van der Waals surface area contributed by atoms with Gasteiger partial charge in [-0.05, 0) is 54.3 Å². The van der Waals surface area contributed by atoms with Gasteiger partial charge in [0, 0.05) is 36.3 Å². The van der Waals surface area contributed by atoms with Crippen LogP contribution >= 0.6 is 0 Å². The summed E-state index contributed by atoms with van der Waals surface area (Å²) < 4.78 is 6.03. The molecule has 0 aliphatic carbocycles. The number of phenols is 1. The van der Waals surface area contributed by atoms with Crippen LogP contribution in [0.1, 0.15) is 39.7 Å². The molecule has 0 saturated heterocycles. The van der Waals surface area contributed by atoms with E-state index in [0.717, 1.165) is 24.1 Å². The number of aliphatic hydroxyl groups is 1. The van der Waals surface area contributed by atoms with Crippen LogP contribution in [0.2, 0.25) is 0 Å². The van der Waals surface area contributed by atoms with Crippen molar-refractivity contribution in [2.45, 2.75) is 25.7 Å². The zero-order valence-corrected chi connectivity index (χ0v) is 16.5. The number of ether oxygens (including phenoxy) is 1. The first kappa shape index (κ1) is 19.8. The third-order valence-corrected chi connectivity index (χ3v) is 5.41. The Morgan fingerprint density at radius 2 is 1.54 bits per heavy atom. The second-order valence-electron chi connectivity index (χ2n) is 7.13. The van der Waals surface area contributed by atoms with Crippen LogP contribution in [-0.2, 0) is 0 Å². The van der Waals surface area contributed by atoms with E-state index in [1.807, 2.05) is 18.2 Å². The van der Waals surface area contributed by atoms with Gasteiger partial charge in [0.05, 0.1) is 6.61 Å². The molecule has 4 heteroatoms. The van der Waals surface area contributed by atoms with Gasteiger partial charge in [0.2, 0.25) is 0 Å². The van der Waals surface area contributed by atoms with Gasteiger partial charge in [0.1, 0.15) is 11.5 Å². The van der Waals surface area contributed by atoms with Gasteiger partial charge in [0.25, 0.3) is 0 Å². The lowest BCUT2D eigenvalue weighted by atomic mass is 9.75. The zero-order valence-electron chi connectivity index (χ0n) is 16.5. The van der Waals surface area contributed by atoms with Crippen LogP contribution in [0.4, 0.5) is 5.69 Å². The number of hydrogen-bond acceptors (Lipinski definition) is 4. The molecule has 2 atom stereocenters. The molecule has 4 nitrogen and oxygen atoms in total. The van der Waals surface area contributed by atoms with Crippen molar-refractivity contribution in [3.63, 3.8) is 0 Å². The largest absolute Gasteiger partial charge is 0.508 e. The van der Waals surface area contributed by atoms with E-state index in [9.17, 15) is 5.11 Å². The maximum atomic E-state index is 9.83. The highest BCUT2D eigenvalue weighted by Crippen LogP contribution is 2.47. The summed E-state index contributed by atoms with van der Waals surface area (Å²) in [4.78, 5) is 0. The summed E-state index contributed by atoms with van der Waals surface area (Å²) in [5.74, 6) is 1.34. The molecule has 146 valence electrons. The van der Waals surface area contributed by atoms with Crippen molar-refractivity contribution in [3.05, 3.63) is 88.5 Å². The Balaban J connectivity index is 0.00000109. The fraction of sp³-hybridized carbons (Fsp3) is 0.250. The SMILES string of the molecule is CO.Cc1ccc(C2COc3cc(O)ccc3C2c2ccc(N)cc2)cc1C. The van der Waals surface area contributed by atoms with E-state index in [-0.39, 0.29) is 17.6 Å². The number of fused-ring (bicyclic) bond motifs is 1. The number of rotatable bonds is 2. The van der Waals surface area contributed by atoms with E-state index in [1.165, 1.54) is 22.3 Å². The van der Waals surface area contributed by atoms with Crippen molar-refractivity contribution in [1.29, 1.82) is 0 Å². The summed E-state index contributed by atoms with van der Waals surface area (Å²) >= 11 is 0. The number of anilines is 1.